The predicted octanol–water partition coefficient (Wildman–Crippen LogP) is 3.18. The van der Waals surface area contributed by atoms with E-state index < -0.39 is 0 Å². The van der Waals surface area contributed by atoms with Crippen LogP contribution in [0.2, 0.25) is 0 Å². The van der Waals surface area contributed by atoms with Gasteiger partial charge >= 0.3 is 7.12 Å². The molecule has 0 spiro atoms. The molecule has 1 saturated heterocycles. The molecule has 1 amide bonds. The van der Waals surface area contributed by atoms with Crippen LogP contribution in [0.1, 0.15) is 49.2 Å². The average Bonchev–Trinajstić information content (AvgIpc) is 2.86. The van der Waals surface area contributed by atoms with Gasteiger partial charge < -0.3 is 14.2 Å². The lowest BCUT2D eigenvalue weighted by molar-refractivity contribution is 0.00578. The van der Waals surface area contributed by atoms with Crippen LogP contribution in [-0.4, -0.2) is 35.7 Å². The second-order valence-electron chi connectivity index (χ2n) is 8.46. The summed E-state index contributed by atoms with van der Waals surface area (Å²) in [4.78, 5) is 14.6. The van der Waals surface area contributed by atoms with Crippen LogP contribution in [0, 0.1) is 0 Å². The SMILES string of the molecule is CC1(C)OB(c2ccc(CN3CCc4ccccc4C3=O)cc2)OC1(C)C. The van der Waals surface area contributed by atoms with Crippen LogP contribution in [0.5, 0.6) is 0 Å². The topological polar surface area (TPSA) is 38.8 Å². The molecule has 2 aliphatic rings. The second kappa shape index (κ2) is 6.50. The maximum absolute atomic E-state index is 12.7. The van der Waals surface area contributed by atoms with E-state index in [1.807, 2.05) is 41.3 Å². The smallest absolute Gasteiger partial charge is 0.399 e. The molecule has 0 bridgehead atoms. The highest BCUT2D eigenvalue weighted by molar-refractivity contribution is 6.62. The molecule has 2 heterocycles. The van der Waals surface area contributed by atoms with Crippen molar-refractivity contribution in [2.24, 2.45) is 0 Å². The summed E-state index contributed by atoms with van der Waals surface area (Å²) in [5, 5.41) is 0. The van der Waals surface area contributed by atoms with E-state index in [4.69, 9.17) is 9.31 Å². The predicted molar refractivity (Wildman–Crippen MR) is 107 cm³/mol. The molecule has 5 heteroatoms. The molecule has 0 N–H and O–H groups in total. The number of hydrogen-bond acceptors (Lipinski definition) is 3. The number of nitrogens with zero attached hydrogens (tertiary/aromatic N) is 1. The number of amides is 1. The highest BCUT2D eigenvalue weighted by Gasteiger charge is 2.51. The Hall–Kier alpha value is -2.11. The quantitative estimate of drug-likeness (QED) is 0.787. The number of fused-ring (bicyclic) bond motifs is 1. The minimum atomic E-state index is -0.354. The summed E-state index contributed by atoms with van der Waals surface area (Å²) >= 11 is 0. The Bertz CT molecular complexity index is 844. The largest absolute Gasteiger partial charge is 0.494 e. The van der Waals surface area contributed by atoms with E-state index in [1.54, 1.807) is 0 Å². The molecule has 2 aliphatic heterocycles. The van der Waals surface area contributed by atoms with Gasteiger partial charge in [0.05, 0.1) is 11.2 Å². The van der Waals surface area contributed by atoms with Crippen molar-refractivity contribution >= 4 is 18.5 Å². The molecular weight excluding hydrogens is 337 g/mol. The minimum absolute atomic E-state index is 0.117. The van der Waals surface area contributed by atoms with Crippen molar-refractivity contribution in [3.63, 3.8) is 0 Å². The first-order valence-electron chi connectivity index (χ1n) is 9.58. The lowest BCUT2D eigenvalue weighted by Crippen LogP contribution is -2.41. The van der Waals surface area contributed by atoms with Crippen LogP contribution < -0.4 is 5.46 Å². The van der Waals surface area contributed by atoms with Crippen LogP contribution in [0.4, 0.5) is 0 Å². The number of rotatable bonds is 3. The fraction of sp³-hybridized carbons (Fsp3) is 0.409. The van der Waals surface area contributed by atoms with E-state index in [2.05, 4.69) is 39.8 Å². The molecule has 0 unspecified atom stereocenters. The van der Waals surface area contributed by atoms with Gasteiger partial charge in [-0.15, -0.1) is 0 Å². The summed E-state index contributed by atoms with van der Waals surface area (Å²) < 4.78 is 12.2. The molecule has 27 heavy (non-hydrogen) atoms. The van der Waals surface area contributed by atoms with Crippen molar-refractivity contribution in [3.8, 4) is 0 Å². The molecule has 4 nitrogen and oxygen atoms in total. The third-order valence-electron chi connectivity index (χ3n) is 6.06. The summed E-state index contributed by atoms with van der Waals surface area (Å²) in [5.41, 5.74) is 3.41. The van der Waals surface area contributed by atoms with Crippen LogP contribution in [0.25, 0.3) is 0 Å². The van der Waals surface area contributed by atoms with E-state index in [-0.39, 0.29) is 24.2 Å². The van der Waals surface area contributed by atoms with Crippen molar-refractivity contribution < 1.29 is 14.1 Å². The third-order valence-corrected chi connectivity index (χ3v) is 6.06. The Kier molecular flexibility index (Phi) is 4.40. The molecular formula is C22H26BNO3. The molecule has 140 valence electrons. The van der Waals surface area contributed by atoms with Gasteiger partial charge in [0.1, 0.15) is 0 Å². The Balaban J connectivity index is 1.46. The van der Waals surface area contributed by atoms with Crippen LogP contribution >= 0.6 is 0 Å². The Morgan fingerprint density at radius 1 is 0.963 bits per heavy atom. The van der Waals surface area contributed by atoms with Crippen LogP contribution in [-0.2, 0) is 22.3 Å². The van der Waals surface area contributed by atoms with Gasteiger partial charge in [-0.3, -0.25) is 4.79 Å². The van der Waals surface area contributed by atoms with Crippen molar-refractivity contribution in [1.82, 2.24) is 4.90 Å². The molecule has 2 aromatic carbocycles. The second-order valence-corrected chi connectivity index (χ2v) is 8.46. The third kappa shape index (κ3) is 3.30. The first kappa shape index (κ1) is 18.3. The van der Waals surface area contributed by atoms with Gasteiger partial charge in [-0.1, -0.05) is 42.5 Å². The van der Waals surface area contributed by atoms with Crippen molar-refractivity contribution in [3.05, 3.63) is 65.2 Å². The van der Waals surface area contributed by atoms with Crippen molar-refractivity contribution in [2.45, 2.75) is 51.9 Å². The average molecular weight is 363 g/mol. The van der Waals surface area contributed by atoms with Gasteiger partial charge in [-0.2, -0.15) is 0 Å². The lowest BCUT2D eigenvalue weighted by Gasteiger charge is -2.32. The van der Waals surface area contributed by atoms with Gasteiger partial charge in [0, 0.05) is 18.7 Å². The summed E-state index contributed by atoms with van der Waals surface area (Å²) in [6, 6.07) is 16.1. The fourth-order valence-corrected chi connectivity index (χ4v) is 3.60. The molecule has 0 atom stereocenters. The first-order chi connectivity index (χ1) is 12.8. The highest BCUT2D eigenvalue weighted by atomic mass is 16.7. The zero-order valence-electron chi connectivity index (χ0n) is 16.5. The molecule has 0 aromatic heterocycles. The molecule has 4 rings (SSSR count). The molecule has 2 aromatic rings. The minimum Gasteiger partial charge on any atom is -0.399 e. The van der Waals surface area contributed by atoms with E-state index in [0.717, 1.165) is 35.1 Å². The monoisotopic (exact) mass is 363 g/mol. The zero-order chi connectivity index (χ0) is 19.2. The number of carbonyl (C=O) groups excluding carboxylic acids is 1. The van der Waals surface area contributed by atoms with Crippen molar-refractivity contribution in [2.75, 3.05) is 6.54 Å². The Morgan fingerprint density at radius 3 is 2.26 bits per heavy atom. The van der Waals surface area contributed by atoms with Crippen molar-refractivity contribution in [1.29, 1.82) is 0 Å². The van der Waals surface area contributed by atoms with Gasteiger partial charge in [0.25, 0.3) is 5.91 Å². The Labute approximate surface area is 161 Å². The summed E-state index contributed by atoms with van der Waals surface area (Å²) in [6.45, 7) is 9.61. The maximum Gasteiger partial charge on any atom is 0.494 e. The summed E-state index contributed by atoms with van der Waals surface area (Å²) in [5.74, 6) is 0.117. The molecule has 0 radical (unpaired) electrons. The van der Waals surface area contributed by atoms with Gasteiger partial charge in [-0.25, -0.2) is 0 Å². The number of hydrogen-bond donors (Lipinski definition) is 0. The zero-order valence-corrected chi connectivity index (χ0v) is 16.5. The highest BCUT2D eigenvalue weighted by Crippen LogP contribution is 2.36. The van der Waals surface area contributed by atoms with Crippen LogP contribution in [0.15, 0.2) is 48.5 Å². The summed E-state index contributed by atoms with van der Waals surface area (Å²) in [7, 11) is -0.354. The van der Waals surface area contributed by atoms with E-state index >= 15 is 0 Å². The molecule has 0 saturated carbocycles. The van der Waals surface area contributed by atoms with E-state index in [1.165, 1.54) is 0 Å². The maximum atomic E-state index is 12.7. The molecule has 1 fully saturated rings. The standard InChI is InChI=1S/C22H26BNO3/c1-21(2)22(3,4)27-23(26-21)18-11-9-16(10-12-18)15-24-14-13-17-7-5-6-8-19(17)20(24)25/h5-12H,13-15H2,1-4H3. The Morgan fingerprint density at radius 2 is 1.59 bits per heavy atom. The van der Waals surface area contributed by atoms with Gasteiger partial charge in [-0.05, 0) is 56.8 Å². The normalized spacial score (nSPS) is 20.7. The molecule has 0 aliphatic carbocycles. The first-order valence-corrected chi connectivity index (χ1v) is 9.58. The van der Waals surface area contributed by atoms with E-state index in [0.29, 0.717) is 6.54 Å². The van der Waals surface area contributed by atoms with Gasteiger partial charge in [0.15, 0.2) is 0 Å². The van der Waals surface area contributed by atoms with E-state index in [9.17, 15) is 4.79 Å². The summed E-state index contributed by atoms with van der Waals surface area (Å²) in [6.07, 6.45) is 0.911. The number of carbonyl (C=O) groups is 1. The van der Waals surface area contributed by atoms with Gasteiger partial charge in [0.2, 0.25) is 0 Å². The number of benzene rings is 2. The van der Waals surface area contributed by atoms with Crippen LogP contribution in [0.3, 0.4) is 0 Å². The fourth-order valence-electron chi connectivity index (χ4n) is 3.60. The lowest BCUT2D eigenvalue weighted by atomic mass is 9.79.